The summed E-state index contributed by atoms with van der Waals surface area (Å²) in [6.45, 7) is 4.31. The van der Waals surface area contributed by atoms with E-state index in [-0.39, 0.29) is 16.5 Å². The number of piperidine rings is 1. The van der Waals surface area contributed by atoms with E-state index in [1.165, 1.54) is 12.5 Å². The molecule has 8 heteroatoms. The Kier molecular flexibility index (Phi) is 6.02. The first-order valence-electron chi connectivity index (χ1n) is 10.4. The SMILES string of the molecule is O=C(/C=C/c1ccco1)N1CCN(c2ccc([N+](=O)[O-])c(N3CCCCC3)c2)CC1. The van der Waals surface area contributed by atoms with Crippen LogP contribution in [0.25, 0.3) is 6.08 Å². The molecule has 30 heavy (non-hydrogen) atoms. The minimum atomic E-state index is -0.296. The predicted molar refractivity (Wildman–Crippen MR) is 116 cm³/mol. The summed E-state index contributed by atoms with van der Waals surface area (Å²) in [5, 5.41) is 11.5. The lowest BCUT2D eigenvalue weighted by Gasteiger charge is -2.36. The number of nitro groups is 1. The lowest BCUT2D eigenvalue weighted by atomic mass is 10.1. The Labute approximate surface area is 175 Å². The monoisotopic (exact) mass is 410 g/mol. The Morgan fingerprint density at radius 2 is 1.77 bits per heavy atom. The van der Waals surface area contributed by atoms with Crippen LogP contribution in [-0.4, -0.2) is 55.0 Å². The first-order valence-corrected chi connectivity index (χ1v) is 10.4. The van der Waals surface area contributed by atoms with Crippen molar-refractivity contribution in [1.29, 1.82) is 0 Å². The molecule has 2 fully saturated rings. The van der Waals surface area contributed by atoms with Crippen molar-refractivity contribution in [3.63, 3.8) is 0 Å². The van der Waals surface area contributed by atoms with Crippen molar-refractivity contribution in [3.05, 3.63) is 58.5 Å². The quantitative estimate of drug-likeness (QED) is 0.426. The van der Waals surface area contributed by atoms with Crippen molar-refractivity contribution in [2.45, 2.75) is 19.3 Å². The van der Waals surface area contributed by atoms with Gasteiger partial charge >= 0.3 is 0 Å². The number of carbonyl (C=O) groups excluding carboxylic acids is 1. The molecule has 4 rings (SSSR count). The number of nitro benzene ring substituents is 1. The normalized spacial score (nSPS) is 17.5. The lowest BCUT2D eigenvalue weighted by Crippen LogP contribution is -2.48. The van der Waals surface area contributed by atoms with Gasteiger partial charge in [-0.3, -0.25) is 14.9 Å². The van der Waals surface area contributed by atoms with Crippen LogP contribution in [0.2, 0.25) is 0 Å². The number of piperazine rings is 1. The average molecular weight is 410 g/mol. The molecule has 8 nitrogen and oxygen atoms in total. The van der Waals surface area contributed by atoms with Crippen LogP contribution in [-0.2, 0) is 4.79 Å². The van der Waals surface area contributed by atoms with Crippen molar-refractivity contribution < 1.29 is 14.1 Å². The van der Waals surface area contributed by atoms with Gasteiger partial charge in [-0.1, -0.05) is 0 Å². The van der Waals surface area contributed by atoms with E-state index in [4.69, 9.17) is 4.42 Å². The highest BCUT2D eigenvalue weighted by Crippen LogP contribution is 2.34. The van der Waals surface area contributed by atoms with Gasteiger partial charge in [-0.25, -0.2) is 0 Å². The fourth-order valence-electron chi connectivity index (χ4n) is 4.08. The van der Waals surface area contributed by atoms with Crippen LogP contribution in [0.5, 0.6) is 0 Å². The number of anilines is 2. The van der Waals surface area contributed by atoms with Crippen LogP contribution >= 0.6 is 0 Å². The van der Waals surface area contributed by atoms with Gasteiger partial charge in [-0.15, -0.1) is 0 Å². The molecule has 0 N–H and O–H groups in total. The van der Waals surface area contributed by atoms with Gasteiger partial charge in [0, 0.05) is 57.1 Å². The summed E-state index contributed by atoms with van der Waals surface area (Å²) in [6, 6.07) is 8.96. The number of furan rings is 1. The minimum absolute atomic E-state index is 0.0382. The van der Waals surface area contributed by atoms with Gasteiger partial charge in [0.1, 0.15) is 11.4 Å². The van der Waals surface area contributed by atoms with E-state index >= 15 is 0 Å². The van der Waals surface area contributed by atoms with E-state index in [1.807, 2.05) is 17.0 Å². The molecular formula is C22H26N4O4. The van der Waals surface area contributed by atoms with Crippen LogP contribution in [0.15, 0.2) is 47.1 Å². The third-order valence-corrected chi connectivity index (χ3v) is 5.74. The molecule has 0 spiro atoms. The molecule has 0 aliphatic carbocycles. The average Bonchev–Trinajstić information content (AvgIpc) is 3.31. The van der Waals surface area contributed by atoms with Gasteiger partial charge < -0.3 is 19.1 Å². The first kappa shape index (κ1) is 20.0. The highest BCUT2D eigenvalue weighted by atomic mass is 16.6. The van der Waals surface area contributed by atoms with Gasteiger partial charge in [-0.2, -0.15) is 0 Å². The van der Waals surface area contributed by atoms with Crippen molar-refractivity contribution in [2.24, 2.45) is 0 Å². The van der Waals surface area contributed by atoms with E-state index in [2.05, 4.69) is 9.80 Å². The summed E-state index contributed by atoms with van der Waals surface area (Å²) in [5.74, 6) is 0.613. The van der Waals surface area contributed by atoms with E-state index in [0.717, 1.165) is 31.6 Å². The van der Waals surface area contributed by atoms with E-state index in [9.17, 15) is 14.9 Å². The number of carbonyl (C=O) groups is 1. The Morgan fingerprint density at radius 3 is 2.43 bits per heavy atom. The second-order valence-electron chi connectivity index (χ2n) is 7.64. The minimum Gasteiger partial charge on any atom is -0.465 e. The van der Waals surface area contributed by atoms with Crippen molar-refractivity contribution in [1.82, 2.24) is 4.90 Å². The fourth-order valence-corrected chi connectivity index (χ4v) is 4.08. The fraction of sp³-hybridized carbons (Fsp3) is 0.409. The molecule has 2 aliphatic rings. The van der Waals surface area contributed by atoms with Gasteiger partial charge in [0.05, 0.1) is 11.2 Å². The first-order chi connectivity index (χ1) is 14.6. The summed E-state index contributed by atoms with van der Waals surface area (Å²) in [7, 11) is 0. The molecule has 2 saturated heterocycles. The van der Waals surface area contributed by atoms with Crippen LogP contribution in [0, 0.1) is 10.1 Å². The molecular weight excluding hydrogens is 384 g/mol. The number of rotatable bonds is 5. The second-order valence-corrected chi connectivity index (χ2v) is 7.64. The molecule has 0 atom stereocenters. The van der Waals surface area contributed by atoms with Crippen molar-refractivity contribution >= 4 is 29.0 Å². The molecule has 1 aromatic carbocycles. The predicted octanol–water partition coefficient (Wildman–Crippen LogP) is 3.54. The number of benzene rings is 1. The molecule has 1 aromatic heterocycles. The summed E-state index contributed by atoms with van der Waals surface area (Å²) in [5.41, 5.74) is 1.84. The number of hydrogen-bond acceptors (Lipinski definition) is 6. The van der Waals surface area contributed by atoms with E-state index < -0.39 is 0 Å². The zero-order chi connectivity index (χ0) is 20.9. The maximum atomic E-state index is 12.4. The molecule has 0 saturated carbocycles. The molecule has 1 amide bonds. The van der Waals surface area contributed by atoms with Gasteiger partial charge in [0.15, 0.2) is 0 Å². The third kappa shape index (κ3) is 4.48. The second kappa shape index (κ2) is 9.02. The zero-order valence-corrected chi connectivity index (χ0v) is 16.9. The summed E-state index contributed by atoms with van der Waals surface area (Å²) < 4.78 is 5.22. The van der Waals surface area contributed by atoms with Gasteiger partial charge in [0.2, 0.25) is 5.91 Å². The summed E-state index contributed by atoms with van der Waals surface area (Å²) in [6.07, 6.45) is 8.09. The Balaban J connectivity index is 1.42. The molecule has 0 radical (unpaired) electrons. The van der Waals surface area contributed by atoms with E-state index in [0.29, 0.717) is 37.6 Å². The third-order valence-electron chi connectivity index (χ3n) is 5.74. The van der Waals surface area contributed by atoms with Crippen LogP contribution < -0.4 is 9.80 Å². The van der Waals surface area contributed by atoms with Gasteiger partial charge in [-0.05, 0) is 49.6 Å². The van der Waals surface area contributed by atoms with E-state index in [1.54, 1.807) is 30.5 Å². The topological polar surface area (TPSA) is 83.1 Å². The Hall–Kier alpha value is -3.29. The molecule has 2 aromatic rings. The molecule has 3 heterocycles. The summed E-state index contributed by atoms with van der Waals surface area (Å²) in [4.78, 5) is 29.8. The Morgan fingerprint density at radius 1 is 1.00 bits per heavy atom. The van der Waals surface area contributed by atoms with Crippen molar-refractivity contribution in [3.8, 4) is 0 Å². The van der Waals surface area contributed by atoms with Crippen molar-refractivity contribution in [2.75, 3.05) is 49.1 Å². The molecule has 0 bridgehead atoms. The highest BCUT2D eigenvalue weighted by molar-refractivity contribution is 5.91. The molecule has 0 unspecified atom stereocenters. The number of hydrogen-bond donors (Lipinski definition) is 0. The van der Waals surface area contributed by atoms with Crippen LogP contribution in [0.3, 0.4) is 0 Å². The van der Waals surface area contributed by atoms with Crippen LogP contribution in [0.1, 0.15) is 25.0 Å². The molecule has 2 aliphatic heterocycles. The maximum absolute atomic E-state index is 12.4. The van der Waals surface area contributed by atoms with Crippen LogP contribution in [0.4, 0.5) is 17.1 Å². The smallest absolute Gasteiger partial charge is 0.292 e. The number of amides is 1. The zero-order valence-electron chi connectivity index (χ0n) is 16.9. The standard InChI is InChI=1S/C22H26N4O4/c27-22(9-7-19-5-4-16-30-19)25-14-12-23(13-15-25)18-6-8-20(26(28)29)21(17-18)24-10-2-1-3-11-24/h4-9,16-17H,1-3,10-15H2/b9-7+. The largest absolute Gasteiger partial charge is 0.465 e. The highest BCUT2D eigenvalue weighted by Gasteiger charge is 2.25. The number of nitrogens with zero attached hydrogens (tertiary/aromatic N) is 4. The maximum Gasteiger partial charge on any atom is 0.292 e. The lowest BCUT2D eigenvalue weighted by molar-refractivity contribution is -0.384. The summed E-state index contributed by atoms with van der Waals surface area (Å²) >= 11 is 0. The van der Waals surface area contributed by atoms with Gasteiger partial charge in [0.25, 0.3) is 5.69 Å². The Bertz CT molecular complexity index is 911. The molecule has 158 valence electrons.